The number of alkyl carbamates (subject to hydrolysis) is 3. The Hall–Kier alpha value is -11.3. The van der Waals surface area contributed by atoms with E-state index in [1.165, 1.54) is 46.3 Å². The van der Waals surface area contributed by atoms with Gasteiger partial charge in [-0.1, -0.05) is 60.7 Å². The number of carboxylic acid groups (broad SMARTS) is 1. The van der Waals surface area contributed by atoms with Crippen molar-refractivity contribution in [2.24, 2.45) is 5.73 Å². The first-order valence-electron chi connectivity index (χ1n) is 40.6. The molecule has 4 aliphatic heterocycles. The van der Waals surface area contributed by atoms with E-state index in [1.807, 2.05) is 36.4 Å². The molecule has 0 spiro atoms. The largest absolute Gasteiger partial charge is 0.490 e. The van der Waals surface area contributed by atoms with E-state index < -0.39 is 215 Å². The molecule has 4 fully saturated rings. The number of nitrogen functional groups attached to an aromatic ring is 4. The van der Waals surface area contributed by atoms with Gasteiger partial charge >= 0.3 is 85.0 Å². The van der Waals surface area contributed by atoms with Crippen LogP contribution in [0.1, 0.15) is 108 Å². The lowest BCUT2D eigenvalue weighted by Gasteiger charge is -2.26. The number of esters is 2. The van der Waals surface area contributed by atoms with Crippen LogP contribution in [0.4, 0.5) is 50.8 Å². The Morgan fingerprint density at radius 1 is 0.529 bits per heavy atom. The number of imidazole rings is 2. The fraction of sp³-hybridized carbons (Fsp3) is 0.507. The maximum atomic E-state index is 14.0. The van der Waals surface area contributed by atoms with E-state index in [9.17, 15) is 105 Å². The third-order valence-electron chi connectivity index (χ3n) is 19.6. The number of nitrogens with two attached hydrogens (primary N) is 5. The molecule has 4 aliphatic rings. The van der Waals surface area contributed by atoms with Gasteiger partial charge in [-0.25, -0.2) is 81.7 Å². The summed E-state index contributed by atoms with van der Waals surface area (Å²) in [6.07, 6.45) is -20.5. The molecule has 63 heteroatoms. The molecule has 8 aromatic rings. The van der Waals surface area contributed by atoms with Crippen molar-refractivity contribution >= 4 is 113 Å². The van der Waals surface area contributed by atoms with Crippen molar-refractivity contribution in [1.82, 2.24) is 74.1 Å². The van der Waals surface area contributed by atoms with Crippen LogP contribution in [0.5, 0.6) is 0 Å². The molecule has 0 radical (unpaired) electrons. The minimum Gasteiger partial charge on any atom is -0.475 e. The van der Waals surface area contributed by atoms with Gasteiger partial charge in [-0.2, -0.15) is 23.1 Å². The monoisotopic (exact) mass is 2010 g/mol. The number of nitrogens with one attached hydrogen (secondary N) is 3. The van der Waals surface area contributed by atoms with E-state index >= 15 is 0 Å². The number of phosphoric acid groups is 4. The van der Waals surface area contributed by atoms with Gasteiger partial charge in [0.1, 0.15) is 128 Å². The standard InChI is InChI=1S/C38H52N10O18P2.C33H44N10O16P2.C2HF3O2/c1-38(2,3)65-37(53)45-22(11-7-8-13-41-36(52)59-16-21-9-5-4-6-10-21)34(50)64-30-25(63-33(29(30)49)48-20-44-28-31(40)42-19-43-32(28)48)18-61-68(57,58)66-23-15-27(47-14-12-26(39)46-35(47)51)62-24(23)17-60-67(54,55)56;34-19(8-4-5-10-37-33(47)53-13-18-6-2-1-3-7-18)31(45)58-27-22(57-30(26(27)44)43-17-40-25-28(36)38-16-39-29(25)43)15-55-61(51,52)59-20-12-24(42-11-9-23(35)41-32(42)46)56-21(20)14-54-60(48,49)50;3-2(4,5)1(6)7/h4-6,9-10,12,14,19-20,22-25,27,29-30,33,49H,7-8,11,13,15-18H2,1-3H3,(H,41,52)(H,45,53)(H,57,58)(H2,39,46,51)(H2,40,42,43)(H2,54,55,56);1-3,6-7,9,11,16-17,19-22,24,26-27,30,44H,4-5,8,10,12-15,34H2,(H,37,47)(H,51,52)(H2,35,41,46)(H2,36,38,39)(H2,48,49,50);(H,6,7)/t22-,23-,24+,25+,27+,29+,30+,33+;19-,20-,21+,22+,24+,26+,27+,30+;/m00./s1. The van der Waals surface area contributed by atoms with Crippen LogP contribution in [-0.4, -0.2) is 263 Å². The number of benzene rings is 2. The molecule has 2 aromatic carbocycles. The van der Waals surface area contributed by atoms with E-state index in [-0.39, 0.29) is 104 Å². The Bertz CT molecular complexity index is 5750. The number of aliphatic hydroxyl groups is 2. The number of nitrogens with zero attached hydrogens (tertiary/aromatic N) is 12. The van der Waals surface area contributed by atoms with Gasteiger partial charge in [-0.15, -0.1) is 0 Å². The third-order valence-corrected chi connectivity index (χ3v) is 22.6. The summed E-state index contributed by atoms with van der Waals surface area (Å²) in [5.74, 6) is -5.03. The lowest BCUT2D eigenvalue weighted by Crippen LogP contribution is -2.47. The van der Waals surface area contributed by atoms with Gasteiger partial charge in [-0.3, -0.25) is 50.2 Å². The van der Waals surface area contributed by atoms with Crippen molar-refractivity contribution < 1.29 is 175 Å². The molecule has 0 bridgehead atoms. The number of unbranched alkanes of at least 4 members (excludes halogenated alkanes) is 2. The lowest BCUT2D eigenvalue weighted by molar-refractivity contribution is -0.192. The number of amides is 3. The van der Waals surface area contributed by atoms with Crippen LogP contribution in [0.25, 0.3) is 22.3 Å². The molecule has 0 aliphatic carbocycles. The maximum absolute atomic E-state index is 14.0. The number of hydrogen-bond donors (Lipinski definition) is 17. The van der Waals surface area contributed by atoms with Crippen molar-refractivity contribution in [3.63, 3.8) is 0 Å². The van der Waals surface area contributed by atoms with Gasteiger partial charge in [0.05, 0.1) is 39.1 Å². The zero-order chi connectivity index (χ0) is 99.4. The number of hydrogen-bond acceptors (Lipinski definition) is 42. The van der Waals surface area contributed by atoms with Crippen LogP contribution >= 0.6 is 31.3 Å². The minimum absolute atomic E-state index is 0.0158. The maximum Gasteiger partial charge on any atom is 0.490 e. The minimum atomic E-state index is -5.27. The first-order valence-corrected chi connectivity index (χ1v) is 46.6. The number of carboxylic acids is 1. The quantitative estimate of drug-likeness (QED) is 0.0113. The van der Waals surface area contributed by atoms with Crippen LogP contribution in [0.3, 0.4) is 0 Å². The molecule has 12 rings (SSSR count). The molecule has 10 heterocycles. The highest BCUT2D eigenvalue weighted by Gasteiger charge is 2.53. The van der Waals surface area contributed by atoms with Crippen LogP contribution in [0.2, 0.25) is 0 Å². The average Bonchev–Trinajstić information content (AvgIpc) is 1.62. The van der Waals surface area contributed by atoms with Crippen LogP contribution < -0.4 is 56.0 Å². The zero-order valence-corrected chi connectivity index (χ0v) is 75.2. The van der Waals surface area contributed by atoms with E-state index in [2.05, 4.69) is 64.9 Å². The molecule has 3 amide bonds. The summed E-state index contributed by atoms with van der Waals surface area (Å²) in [6, 6.07) is 18.1. The lowest BCUT2D eigenvalue weighted by atomic mass is 10.1. The van der Waals surface area contributed by atoms with E-state index in [0.717, 1.165) is 32.9 Å². The molecule has 4 saturated heterocycles. The summed E-state index contributed by atoms with van der Waals surface area (Å²) in [6.45, 7) is 1.82. The Labute approximate surface area is 764 Å². The smallest absolute Gasteiger partial charge is 0.475 e. The number of aromatic nitrogens is 12. The van der Waals surface area contributed by atoms with Crippen molar-refractivity contribution in [1.29, 1.82) is 0 Å². The number of ether oxygens (including phenoxy) is 9. The molecule has 6 aromatic heterocycles. The van der Waals surface area contributed by atoms with Gasteiger partial charge in [0.15, 0.2) is 47.6 Å². The molecule has 18 atom stereocenters. The van der Waals surface area contributed by atoms with E-state index in [4.69, 9.17) is 99.3 Å². The van der Waals surface area contributed by atoms with Crippen molar-refractivity contribution in [2.45, 2.75) is 195 Å². The molecular weight excluding hydrogens is 1910 g/mol. The van der Waals surface area contributed by atoms with Gasteiger partial charge in [0.2, 0.25) is 0 Å². The molecule has 56 nitrogen and oxygen atoms in total. The van der Waals surface area contributed by atoms with E-state index in [1.54, 1.807) is 45.0 Å². The summed E-state index contributed by atoms with van der Waals surface area (Å²) in [5.41, 5.74) is 28.6. The third kappa shape index (κ3) is 31.6. The predicted octanol–water partition coefficient (Wildman–Crippen LogP) is 1.68. The molecule has 0 saturated carbocycles. The number of carbonyl (C=O) groups excluding carboxylic acids is 5. The number of phosphoric ester groups is 4. The first kappa shape index (κ1) is 107. The van der Waals surface area contributed by atoms with E-state index in [0.29, 0.717) is 19.3 Å². The number of carbonyl (C=O) groups is 6. The summed E-state index contributed by atoms with van der Waals surface area (Å²) in [7, 11) is -20.6. The van der Waals surface area contributed by atoms with Crippen LogP contribution in [0.15, 0.2) is 120 Å². The summed E-state index contributed by atoms with van der Waals surface area (Å²) < 4.78 is 167. The number of halogens is 3. The van der Waals surface area contributed by atoms with Crippen molar-refractivity contribution in [3.05, 3.63) is 143 Å². The average molecular weight is 2010 g/mol. The van der Waals surface area contributed by atoms with Gasteiger partial charge < -0.3 is 132 Å². The Morgan fingerprint density at radius 3 is 1.32 bits per heavy atom. The topological polar surface area (TPSA) is 814 Å². The summed E-state index contributed by atoms with van der Waals surface area (Å²) >= 11 is 0. The second kappa shape index (κ2) is 47.1. The second-order valence-corrected chi connectivity index (χ2v) is 36.2. The van der Waals surface area contributed by atoms with Crippen LogP contribution in [0, 0.1) is 0 Å². The predicted molar refractivity (Wildman–Crippen MR) is 451 cm³/mol. The SMILES string of the molecule is CC(C)(C)OC(=O)N[C@@H](CCCCNC(=O)OCc1ccccc1)C(=O)O[C@H]1[C@@H](O)[C@H](n2cnc3c(N)ncnc32)O[C@@H]1COP(=O)(O)O[C@H]1C[C@H](n2ccc(N)nc2=O)O[C@@H]1COP(=O)(O)O.Nc1ccn([C@H]2C[C@H](OP(=O)(O)OC[C@H]3O[C@@H](n4cnc5c(N)ncnc54)[C@H](O)[C@@H]3OC(=O)[C@@H](N)CCCCNC(=O)OCc3ccccc3)[C@@H](COP(=O)(O)O)O2)c(=O)n1.O=C(O)C(F)(F)F. The van der Waals surface area contributed by atoms with Gasteiger partial charge in [0, 0.05) is 38.3 Å². The Balaban J connectivity index is 0.000000264. The second-order valence-electron chi connectivity index (χ2n) is 30.9. The molecule has 22 N–H and O–H groups in total. The number of alkyl halides is 3. The number of anilines is 4. The van der Waals surface area contributed by atoms with Gasteiger partial charge in [-0.05, 0) is 82.6 Å². The molecular formula is C73H97F3N20O36P4. The van der Waals surface area contributed by atoms with Gasteiger partial charge in [0.25, 0.3) is 0 Å². The first-order chi connectivity index (χ1) is 64.0. The fourth-order valence-corrected chi connectivity index (χ4v) is 16.0. The fourth-order valence-electron chi connectivity index (χ4n) is 13.4. The number of aliphatic hydroxyl groups excluding tert-OH is 2. The zero-order valence-electron chi connectivity index (χ0n) is 71.7. The van der Waals surface area contributed by atoms with Crippen molar-refractivity contribution in [2.75, 3.05) is 62.5 Å². The van der Waals surface area contributed by atoms with Crippen molar-refractivity contribution in [3.8, 4) is 0 Å². The number of aliphatic carboxylic acids is 1. The molecule has 136 heavy (non-hydrogen) atoms. The highest BCUT2D eigenvalue weighted by molar-refractivity contribution is 7.47. The Kier molecular flexibility index (Phi) is 37.0. The molecule has 746 valence electrons. The normalized spacial score (nSPS) is 23.1. The highest BCUT2D eigenvalue weighted by Crippen LogP contribution is 2.52. The molecule has 2 unspecified atom stereocenters. The Morgan fingerprint density at radius 2 is 0.926 bits per heavy atom. The summed E-state index contributed by atoms with van der Waals surface area (Å²) in [4.78, 5) is 189. The highest BCUT2D eigenvalue weighted by atomic mass is 31.2. The van der Waals surface area contributed by atoms with Crippen LogP contribution in [-0.2, 0) is 116 Å². The summed E-state index contributed by atoms with van der Waals surface area (Å²) in [5, 5.41) is 38.1. The number of rotatable bonds is 39. The number of fused-ring (bicyclic) bond motifs is 2.